The quantitative estimate of drug-likeness (QED) is 0.844. The van der Waals surface area contributed by atoms with Gasteiger partial charge in [0.2, 0.25) is 0 Å². The number of aryl methyl sites for hydroxylation is 2. The first-order valence-corrected chi connectivity index (χ1v) is 9.42. The molecular formula is C21H26N2O3. The van der Waals surface area contributed by atoms with E-state index in [1.54, 1.807) is 6.07 Å². The van der Waals surface area contributed by atoms with Crippen LogP contribution in [0.4, 0.5) is 0 Å². The Bertz CT molecular complexity index is 798. The lowest BCUT2D eigenvalue weighted by Gasteiger charge is -2.37. The number of carbonyl (C=O) groups excluding carboxylic acids is 1. The van der Waals surface area contributed by atoms with Gasteiger partial charge in [-0.2, -0.15) is 0 Å². The van der Waals surface area contributed by atoms with Crippen LogP contribution in [0.3, 0.4) is 0 Å². The van der Waals surface area contributed by atoms with Crippen molar-refractivity contribution in [3.05, 3.63) is 53.0 Å². The predicted molar refractivity (Wildman–Crippen MR) is 99.5 cm³/mol. The zero-order valence-corrected chi connectivity index (χ0v) is 15.5. The maximum absolute atomic E-state index is 12.7. The highest BCUT2D eigenvalue weighted by atomic mass is 16.5. The molecule has 5 heteroatoms. The summed E-state index contributed by atoms with van der Waals surface area (Å²) < 4.78 is 11.6. The predicted octanol–water partition coefficient (Wildman–Crippen LogP) is 3.40. The average molecular weight is 354 g/mol. The number of piperazine rings is 1. The number of fused-ring (bicyclic) bond motifs is 1. The van der Waals surface area contributed by atoms with E-state index < -0.39 is 0 Å². The first-order chi connectivity index (χ1) is 12.6. The fraction of sp³-hybridized carbons (Fsp3) is 0.476. The smallest absolute Gasteiger partial charge is 0.289 e. The molecule has 0 N–H and O–H groups in total. The van der Waals surface area contributed by atoms with E-state index >= 15 is 0 Å². The minimum absolute atomic E-state index is 0.00506. The highest BCUT2D eigenvalue weighted by Crippen LogP contribution is 2.24. The van der Waals surface area contributed by atoms with Crippen molar-refractivity contribution < 1.29 is 13.9 Å². The van der Waals surface area contributed by atoms with Crippen LogP contribution in [0.15, 0.2) is 34.7 Å². The number of nitrogens with zero attached hydrogens (tertiary/aromatic N) is 2. The van der Waals surface area contributed by atoms with Crippen molar-refractivity contribution in [1.82, 2.24) is 9.80 Å². The van der Waals surface area contributed by atoms with E-state index in [0.717, 1.165) is 36.5 Å². The lowest BCUT2D eigenvalue weighted by atomic mass is 10.1. The molecule has 3 heterocycles. The number of amides is 1. The largest absolute Gasteiger partial charge is 0.485 e. The molecule has 1 amide bonds. The van der Waals surface area contributed by atoms with Crippen molar-refractivity contribution >= 4 is 5.91 Å². The van der Waals surface area contributed by atoms with Crippen LogP contribution in [-0.2, 0) is 6.61 Å². The normalized spacial score (nSPS) is 20.2. The minimum Gasteiger partial charge on any atom is -0.485 e. The Morgan fingerprint density at radius 2 is 2.08 bits per heavy atom. The van der Waals surface area contributed by atoms with E-state index in [2.05, 4.69) is 11.0 Å². The standard InChI is InChI=1S/C21H26N2O3/c1-15-5-6-16(2)20(12-15)25-14-18-7-8-19(26-18)21(24)23-11-10-22-9-3-4-17(22)13-23/h5-8,12,17H,3-4,9-11,13-14H2,1-2H3/t17-/m0/s1. The minimum atomic E-state index is -0.00506. The molecule has 0 spiro atoms. The summed E-state index contributed by atoms with van der Waals surface area (Å²) in [6.45, 7) is 8.13. The van der Waals surface area contributed by atoms with E-state index in [1.165, 1.54) is 19.4 Å². The summed E-state index contributed by atoms with van der Waals surface area (Å²) in [7, 11) is 0. The SMILES string of the molecule is Cc1ccc(C)c(OCc2ccc(C(=O)N3CCN4CCC[C@H]4C3)o2)c1. The topological polar surface area (TPSA) is 45.9 Å². The molecule has 0 aliphatic carbocycles. The number of ether oxygens (including phenoxy) is 1. The van der Waals surface area contributed by atoms with Gasteiger partial charge >= 0.3 is 0 Å². The summed E-state index contributed by atoms with van der Waals surface area (Å²) in [4.78, 5) is 17.2. The fourth-order valence-corrected chi connectivity index (χ4v) is 3.91. The molecule has 2 aromatic rings. The van der Waals surface area contributed by atoms with E-state index in [-0.39, 0.29) is 5.91 Å². The molecule has 0 bridgehead atoms. The Balaban J connectivity index is 1.38. The van der Waals surface area contributed by atoms with E-state index in [0.29, 0.717) is 24.2 Å². The summed E-state index contributed by atoms with van der Waals surface area (Å²) in [5, 5.41) is 0. The Morgan fingerprint density at radius 1 is 1.19 bits per heavy atom. The van der Waals surface area contributed by atoms with Gasteiger partial charge in [0.15, 0.2) is 5.76 Å². The summed E-state index contributed by atoms with van der Waals surface area (Å²) in [5.41, 5.74) is 2.25. The molecular weight excluding hydrogens is 328 g/mol. The lowest BCUT2D eigenvalue weighted by Crippen LogP contribution is -2.51. The fourth-order valence-electron chi connectivity index (χ4n) is 3.91. The van der Waals surface area contributed by atoms with E-state index in [9.17, 15) is 4.79 Å². The number of hydrogen-bond donors (Lipinski definition) is 0. The van der Waals surface area contributed by atoms with Gasteiger partial charge in [-0.25, -0.2) is 0 Å². The molecule has 5 nitrogen and oxygen atoms in total. The number of rotatable bonds is 4. The molecule has 1 aromatic carbocycles. The van der Waals surface area contributed by atoms with Crippen LogP contribution >= 0.6 is 0 Å². The Morgan fingerprint density at radius 3 is 2.96 bits per heavy atom. The molecule has 2 saturated heterocycles. The zero-order chi connectivity index (χ0) is 18.1. The summed E-state index contributed by atoms with van der Waals surface area (Å²) in [5.74, 6) is 1.94. The van der Waals surface area contributed by atoms with Crippen LogP contribution in [0.2, 0.25) is 0 Å². The van der Waals surface area contributed by atoms with Crippen molar-refractivity contribution in [2.24, 2.45) is 0 Å². The van der Waals surface area contributed by atoms with Gasteiger partial charge in [-0.3, -0.25) is 9.69 Å². The lowest BCUT2D eigenvalue weighted by molar-refractivity contribution is 0.0538. The molecule has 138 valence electrons. The third kappa shape index (κ3) is 3.49. The molecule has 2 aliphatic heterocycles. The van der Waals surface area contributed by atoms with Gasteiger partial charge in [0.05, 0.1) is 0 Å². The zero-order valence-electron chi connectivity index (χ0n) is 15.5. The van der Waals surface area contributed by atoms with Crippen LogP contribution in [0.1, 0.15) is 40.3 Å². The molecule has 26 heavy (non-hydrogen) atoms. The monoisotopic (exact) mass is 354 g/mol. The second kappa shape index (κ2) is 7.16. The van der Waals surface area contributed by atoms with Gasteiger partial charge in [0.1, 0.15) is 18.1 Å². The molecule has 2 fully saturated rings. The van der Waals surface area contributed by atoms with Crippen molar-refractivity contribution in [3.8, 4) is 5.75 Å². The summed E-state index contributed by atoms with van der Waals surface area (Å²) >= 11 is 0. The molecule has 1 atom stereocenters. The maximum atomic E-state index is 12.7. The molecule has 1 aromatic heterocycles. The van der Waals surface area contributed by atoms with E-state index in [4.69, 9.17) is 9.15 Å². The molecule has 0 radical (unpaired) electrons. The number of hydrogen-bond acceptors (Lipinski definition) is 4. The van der Waals surface area contributed by atoms with Crippen LogP contribution in [0.25, 0.3) is 0 Å². The highest BCUT2D eigenvalue weighted by Gasteiger charge is 2.33. The highest BCUT2D eigenvalue weighted by molar-refractivity contribution is 5.91. The number of benzene rings is 1. The van der Waals surface area contributed by atoms with Gasteiger partial charge < -0.3 is 14.1 Å². The van der Waals surface area contributed by atoms with Gasteiger partial charge in [0.25, 0.3) is 5.91 Å². The van der Waals surface area contributed by atoms with Gasteiger partial charge in [-0.05, 0) is 62.6 Å². The third-order valence-corrected chi connectivity index (χ3v) is 5.46. The summed E-state index contributed by atoms with van der Waals surface area (Å²) in [6, 6.07) is 10.3. The van der Waals surface area contributed by atoms with Crippen molar-refractivity contribution in [3.63, 3.8) is 0 Å². The number of carbonyl (C=O) groups is 1. The first kappa shape index (κ1) is 17.2. The molecule has 4 rings (SSSR count). The van der Waals surface area contributed by atoms with Crippen molar-refractivity contribution in [1.29, 1.82) is 0 Å². The third-order valence-electron chi connectivity index (χ3n) is 5.46. The second-order valence-electron chi connectivity index (χ2n) is 7.41. The Kier molecular flexibility index (Phi) is 4.72. The van der Waals surface area contributed by atoms with Gasteiger partial charge in [-0.1, -0.05) is 12.1 Å². The maximum Gasteiger partial charge on any atom is 0.289 e. The Labute approximate surface area is 154 Å². The van der Waals surface area contributed by atoms with Crippen LogP contribution < -0.4 is 4.74 Å². The summed E-state index contributed by atoms with van der Waals surface area (Å²) in [6.07, 6.45) is 2.43. The van der Waals surface area contributed by atoms with Crippen LogP contribution in [0, 0.1) is 13.8 Å². The van der Waals surface area contributed by atoms with Crippen LogP contribution in [0.5, 0.6) is 5.75 Å². The van der Waals surface area contributed by atoms with E-state index in [1.807, 2.05) is 36.9 Å². The molecule has 0 saturated carbocycles. The second-order valence-corrected chi connectivity index (χ2v) is 7.41. The molecule has 0 unspecified atom stereocenters. The average Bonchev–Trinajstić information content (AvgIpc) is 3.30. The Hall–Kier alpha value is -2.27. The molecule has 2 aliphatic rings. The van der Waals surface area contributed by atoms with Crippen LogP contribution in [-0.4, -0.2) is 47.9 Å². The first-order valence-electron chi connectivity index (χ1n) is 9.42. The van der Waals surface area contributed by atoms with Gasteiger partial charge in [-0.15, -0.1) is 0 Å². The number of furan rings is 1. The van der Waals surface area contributed by atoms with Crippen molar-refractivity contribution in [2.75, 3.05) is 26.2 Å². The van der Waals surface area contributed by atoms with Gasteiger partial charge in [0, 0.05) is 25.7 Å². The van der Waals surface area contributed by atoms with Crippen molar-refractivity contribution in [2.45, 2.75) is 39.3 Å².